The molecule has 2 aromatic heterocycles. The molecular weight excluding hydrogens is 997 g/mol. The van der Waals surface area contributed by atoms with Gasteiger partial charge in [0.25, 0.3) is 5.91 Å². The lowest BCUT2D eigenvalue weighted by Gasteiger charge is -2.35. The van der Waals surface area contributed by atoms with Crippen molar-refractivity contribution in [3.63, 3.8) is 0 Å². The molecule has 0 saturated carbocycles. The predicted molar refractivity (Wildman–Crippen MR) is 266 cm³/mol. The van der Waals surface area contributed by atoms with Crippen LogP contribution in [0.2, 0.25) is 0 Å². The van der Waals surface area contributed by atoms with Crippen LogP contribution in [0.25, 0.3) is 10.4 Å². The number of rotatable bonds is 21. The van der Waals surface area contributed by atoms with E-state index in [1.165, 1.54) is 49.1 Å². The minimum atomic E-state index is -5.22. The lowest BCUT2D eigenvalue weighted by atomic mass is 9.85. The molecule has 17 nitrogen and oxygen atoms in total. The number of nitrogens with zero attached hydrogens (tertiary/aromatic N) is 6. The number of hydrogen-bond donors (Lipinski definition) is 3. The summed E-state index contributed by atoms with van der Waals surface area (Å²) in [7, 11) is 1.35. The first-order valence-corrected chi connectivity index (χ1v) is 24.6. The molecule has 3 N–H and O–H groups in total. The fourth-order valence-electron chi connectivity index (χ4n) is 8.34. The fourth-order valence-corrected chi connectivity index (χ4v) is 9.66. The van der Waals surface area contributed by atoms with Gasteiger partial charge in [-0.1, -0.05) is 45.0 Å². The Bertz CT molecular complexity index is 2710. The summed E-state index contributed by atoms with van der Waals surface area (Å²) in [6, 6.07) is 10.3. The highest BCUT2D eigenvalue weighted by Crippen LogP contribution is 2.44. The van der Waals surface area contributed by atoms with Crippen LogP contribution in [0.4, 0.5) is 28.9 Å². The number of hydrogen-bond acceptors (Lipinski definition) is 14. The number of nitriles is 1. The van der Waals surface area contributed by atoms with Crippen LogP contribution in [0.15, 0.2) is 54.2 Å². The number of carbonyl (C=O) groups is 4. The molecule has 0 unspecified atom stereocenters. The van der Waals surface area contributed by atoms with E-state index in [1.54, 1.807) is 37.6 Å². The molecule has 2 aliphatic heterocycles. The number of aliphatic hydroxyl groups excluding tert-OH is 1. The average Bonchev–Trinajstić information content (AvgIpc) is 4.00. The first kappa shape index (κ1) is 56.0. The van der Waals surface area contributed by atoms with Gasteiger partial charge in [0.2, 0.25) is 23.6 Å². The van der Waals surface area contributed by atoms with Crippen molar-refractivity contribution in [1.82, 2.24) is 25.5 Å². The van der Waals surface area contributed by atoms with Gasteiger partial charge in [-0.25, -0.2) is 14.4 Å². The van der Waals surface area contributed by atoms with Crippen molar-refractivity contribution in [3.05, 3.63) is 82.4 Å². The van der Waals surface area contributed by atoms with Gasteiger partial charge in [-0.05, 0) is 80.9 Å². The van der Waals surface area contributed by atoms with Crippen LogP contribution in [-0.4, -0.2) is 119 Å². The second-order valence-corrected chi connectivity index (χ2v) is 20.2. The maximum atomic E-state index is 15.5. The van der Waals surface area contributed by atoms with Crippen molar-refractivity contribution >= 4 is 63.7 Å². The molecule has 0 radical (unpaired) electrons. The number of alkyl halides is 3. The van der Waals surface area contributed by atoms with Gasteiger partial charge in [0.05, 0.1) is 59.4 Å². The molecule has 3 atom stereocenters. The van der Waals surface area contributed by atoms with Gasteiger partial charge in [-0.2, -0.15) is 18.4 Å². The number of thiazole rings is 1. The zero-order chi connectivity index (χ0) is 53.4. The number of aromatic nitrogens is 2. The Labute approximate surface area is 429 Å². The molecule has 2 aromatic carbocycles. The zero-order valence-corrected chi connectivity index (χ0v) is 43.1. The van der Waals surface area contributed by atoms with E-state index in [0.29, 0.717) is 37.4 Å². The number of thiocarbonyl (C=S) groups is 1. The average molecular weight is 1060 g/mol. The van der Waals surface area contributed by atoms with E-state index in [4.69, 9.17) is 31.2 Å². The third-order valence-corrected chi connectivity index (χ3v) is 13.5. The van der Waals surface area contributed by atoms with Gasteiger partial charge in [0, 0.05) is 45.4 Å². The number of amides is 4. The summed E-state index contributed by atoms with van der Waals surface area (Å²) < 4.78 is 79.5. The molecule has 392 valence electrons. The minimum absolute atomic E-state index is 0.0507. The van der Waals surface area contributed by atoms with Crippen molar-refractivity contribution in [2.24, 2.45) is 5.41 Å². The Morgan fingerprint density at radius 3 is 2.34 bits per heavy atom. The van der Waals surface area contributed by atoms with Crippen LogP contribution in [0.3, 0.4) is 0 Å². The van der Waals surface area contributed by atoms with Crippen molar-refractivity contribution < 1.29 is 60.8 Å². The summed E-state index contributed by atoms with van der Waals surface area (Å²) in [5, 5.41) is 25.1. The van der Waals surface area contributed by atoms with Crippen LogP contribution >= 0.6 is 23.6 Å². The molecular formula is C50H58F4N8O9S2. The highest BCUT2D eigenvalue weighted by atomic mass is 32.1. The van der Waals surface area contributed by atoms with Crippen LogP contribution in [0.5, 0.6) is 11.6 Å². The number of ether oxygens (including phenoxy) is 4. The number of aliphatic hydroxyl groups is 1. The third kappa shape index (κ3) is 13.1. The maximum absolute atomic E-state index is 15.5. The quantitative estimate of drug-likeness (QED) is 0.0443. The second-order valence-electron chi connectivity index (χ2n) is 19.0. The Morgan fingerprint density at radius 2 is 1.70 bits per heavy atom. The van der Waals surface area contributed by atoms with Crippen LogP contribution in [0, 0.1) is 29.5 Å². The number of nitrogens with one attached hydrogen (secondary N) is 2. The summed E-state index contributed by atoms with van der Waals surface area (Å²) in [4.78, 5) is 67.0. The third-order valence-electron chi connectivity index (χ3n) is 12.2. The van der Waals surface area contributed by atoms with E-state index in [9.17, 15) is 42.7 Å². The van der Waals surface area contributed by atoms with Crippen molar-refractivity contribution in [3.8, 4) is 28.1 Å². The van der Waals surface area contributed by atoms with Crippen LogP contribution < -0.4 is 29.9 Å². The summed E-state index contributed by atoms with van der Waals surface area (Å²) in [5.41, 5.74) is -0.990. The number of halogens is 4. The normalized spacial score (nSPS) is 17.2. The Hall–Kier alpha value is -6.32. The smallest absolute Gasteiger partial charge is 0.420 e. The van der Waals surface area contributed by atoms with E-state index in [0.717, 1.165) is 33.8 Å². The zero-order valence-electron chi connectivity index (χ0n) is 41.4. The molecule has 4 heterocycles. The minimum Gasteiger partial charge on any atom is -0.494 e. The highest BCUT2D eigenvalue weighted by Gasteiger charge is 2.53. The van der Waals surface area contributed by atoms with Gasteiger partial charge in [-0.3, -0.25) is 29.0 Å². The van der Waals surface area contributed by atoms with Crippen LogP contribution in [-0.2, 0) is 41.4 Å². The number of aryl methyl sites for hydroxylation is 1. The Morgan fingerprint density at radius 1 is 1.01 bits per heavy atom. The molecule has 2 saturated heterocycles. The second kappa shape index (κ2) is 23.7. The molecule has 2 aliphatic rings. The van der Waals surface area contributed by atoms with Gasteiger partial charge < -0.3 is 39.6 Å². The first-order chi connectivity index (χ1) is 34.5. The number of benzene rings is 2. The molecule has 4 aromatic rings. The van der Waals surface area contributed by atoms with E-state index >= 15 is 4.39 Å². The standard InChI is InChI=1S/C50H58F4N8O9S2/c1-29-42(73-28-58-29)31-13-11-30(12-14-31)24-57-44(65)35-21-33(63)26-60(35)45(66)43(48(2,3)4)59-38(64)27-70-19-10-18-69-17-8-9-20-71-39-22-37(68-7)36(25-56-39)62-47(72)61(46(67)49(62,5)6)34-16-15-32(23-55)40(41(34)51)50(52,53)54/h11-16,22,25,28,33,35,43,63H,8-10,17-21,24,26-27H2,1-7H3,(H,57,65)(H,59,64)/t33-,35+,43-/m1/s1. The summed E-state index contributed by atoms with van der Waals surface area (Å²) >= 11 is 7.09. The Balaban J connectivity index is 0.897. The number of unbranched alkanes of at least 4 members (excludes halogenated alkanes) is 1. The predicted octanol–water partition coefficient (Wildman–Crippen LogP) is 6.86. The number of likely N-dealkylation sites (tertiary alicyclic amines) is 1. The number of methoxy groups -OCH3 is 1. The molecule has 2 fully saturated rings. The molecule has 23 heteroatoms. The number of carbonyl (C=O) groups excluding carboxylic acids is 4. The topological polar surface area (TPSA) is 209 Å². The van der Waals surface area contributed by atoms with Crippen molar-refractivity contribution in [2.45, 2.75) is 104 Å². The first-order valence-electron chi connectivity index (χ1n) is 23.3. The lowest BCUT2D eigenvalue weighted by Crippen LogP contribution is -2.58. The monoisotopic (exact) mass is 1050 g/mol. The van der Waals surface area contributed by atoms with Gasteiger partial charge in [0.15, 0.2) is 10.9 Å². The maximum Gasteiger partial charge on any atom is 0.420 e. The Kier molecular flexibility index (Phi) is 18.2. The van der Waals surface area contributed by atoms with Crippen molar-refractivity contribution in [1.29, 1.82) is 5.26 Å². The summed E-state index contributed by atoms with van der Waals surface area (Å²) in [5.74, 6) is -3.71. The molecule has 0 aliphatic carbocycles. The summed E-state index contributed by atoms with van der Waals surface area (Å²) in [6.45, 7) is 11.3. The molecule has 73 heavy (non-hydrogen) atoms. The van der Waals surface area contributed by atoms with Crippen LogP contribution in [0.1, 0.15) is 82.7 Å². The molecule has 4 amide bonds. The van der Waals surface area contributed by atoms with E-state index in [1.807, 2.05) is 31.2 Å². The molecule has 6 rings (SSSR count). The van der Waals surface area contributed by atoms with Gasteiger partial charge in [-0.15, -0.1) is 11.3 Å². The van der Waals surface area contributed by atoms with E-state index in [2.05, 4.69) is 20.6 Å². The number of β-amino-alcohol motifs (C(OH)–C–C–N with tert-alkyl or cyclic N) is 1. The molecule has 0 spiro atoms. The number of anilines is 2. The van der Waals surface area contributed by atoms with Gasteiger partial charge >= 0.3 is 6.18 Å². The van der Waals surface area contributed by atoms with Crippen molar-refractivity contribution in [2.75, 3.05) is 56.5 Å². The van der Waals surface area contributed by atoms with E-state index < -0.39 is 81.6 Å². The van der Waals surface area contributed by atoms with Gasteiger partial charge in [0.1, 0.15) is 41.2 Å². The number of pyridine rings is 1. The largest absolute Gasteiger partial charge is 0.494 e. The molecule has 0 bridgehead atoms. The lowest BCUT2D eigenvalue weighted by molar-refractivity contribution is -0.144. The highest BCUT2D eigenvalue weighted by molar-refractivity contribution is 7.81. The SMILES string of the molecule is COc1cc(OCCCCOCCCOCC(=O)N[C@H](C(=O)N2C[C@H](O)C[C@H]2C(=O)NCc2ccc(-c3scnc3C)cc2)C(C)(C)C)ncc1N1C(=S)N(c2ccc(C#N)c(C(F)(F)F)c2F)C(=O)C1(C)C. The summed E-state index contributed by atoms with van der Waals surface area (Å²) in [6.07, 6.45) is -3.07. The fraction of sp³-hybridized carbons (Fsp3) is 0.480. The van der Waals surface area contributed by atoms with E-state index in [-0.39, 0.29) is 61.8 Å².